The van der Waals surface area contributed by atoms with Gasteiger partial charge in [-0.15, -0.1) is 12.4 Å². The summed E-state index contributed by atoms with van der Waals surface area (Å²) in [5.74, 6) is 0.0184. The van der Waals surface area contributed by atoms with Crippen LogP contribution in [0.4, 0.5) is 0 Å². The summed E-state index contributed by atoms with van der Waals surface area (Å²) in [5, 5.41) is 6.01. The van der Waals surface area contributed by atoms with E-state index in [-0.39, 0.29) is 30.3 Å². The van der Waals surface area contributed by atoms with Crippen LogP contribution >= 0.6 is 12.4 Å². The Labute approximate surface area is 131 Å². The molecule has 0 radical (unpaired) electrons. The Balaban J connectivity index is 0.00000220. The summed E-state index contributed by atoms with van der Waals surface area (Å²) >= 11 is 0. The van der Waals surface area contributed by atoms with Crippen LogP contribution in [0.1, 0.15) is 29.8 Å². The van der Waals surface area contributed by atoms with E-state index in [1.165, 1.54) is 6.92 Å². The van der Waals surface area contributed by atoms with Crippen LogP contribution in [-0.2, 0) is 11.3 Å². The third kappa shape index (κ3) is 4.72. The minimum atomic E-state index is -0.0557. The number of hydrogen-bond donors (Lipinski definition) is 2. The highest BCUT2D eigenvalue weighted by atomic mass is 35.5. The fraction of sp³-hybridized carbons (Fsp3) is 0.467. The number of rotatable bonds is 3. The summed E-state index contributed by atoms with van der Waals surface area (Å²) in [4.78, 5) is 25.2. The molecule has 1 aliphatic heterocycles. The van der Waals surface area contributed by atoms with Crippen LogP contribution in [0, 0.1) is 0 Å². The zero-order chi connectivity index (χ0) is 14.5. The highest BCUT2D eigenvalue weighted by Gasteiger charge is 2.23. The smallest absolute Gasteiger partial charge is 0.254 e. The number of piperazine rings is 1. The Kier molecular flexibility index (Phi) is 6.65. The molecule has 0 bridgehead atoms. The first-order valence-electron chi connectivity index (χ1n) is 6.93. The molecule has 6 heteroatoms. The highest BCUT2D eigenvalue weighted by molar-refractivity contribution is 5.94. The molecule has 0 spiro atoms. The third-order valence-electron chi connectivity index (χ3n) is 3.50. The van der Waals surface area contributed by atoms with Crippen molar-refractivity contribution in [3.8, 4) is 0 Å². The molecule has 21 heavy (non-hydrogen) atoms. The van der Waals surface area contributed by atoms with Crippen LogP contribution in [0.25, 0.3) is 0 Å². The number of benzene rings is 1. The molecule has 2 amide bonds. The van der Waals surface area contributed by atoms with Crippen molar-refractivity contribution in [2.75, 3.05) is 19.6 Å². The second-order valence-corrected chi connectivity index (χ2v) is 5.16. The lowest BCUT2D eigenvalue weighted by atomic mass is 10.1. The van der Waals surface area contributed by atoms with Crippen molar-refractivity contribution in [2.24, 2.45) is 0 Å². The zero-order valence-corrected chi connectivity index (χ0v) is 13.2. The van der Waals surface area contributed by atoms with Crippen LogP contribution in [0.15, 0.2) is 24.3 Å². The number of carbonyl (C=O) groups excluding carboxylic acids is 2. The van der Waals surface area contributed by atoms with Crippen molar-refractivity contribution in [3.63, 3.8) is 0 Å². The molecule has 0 saturated carbocycles. The standard InChI is InChI=1S/C15H21N3O2.ClH/c1-11-9-16-7-8-18(11)15(20)14-5-3-13(4-6-14)10-17-12(2)19;/h3-6,11,16H,7-10H2,1-2H3,(H,17,19);1H/t11-;/m0./s1. The topological polar surface area (TPSA) is 61.4 Å². The van der Waals surface area contributed by atoms with Gasteiger partial charge in [-0.25, -0.2) is 0 Å². The van der Waals surface area contributed by atoms with Crippen molar-refractivity contribution in [2.45, 2.75) is 26.4 Å². The lowest BCUT2D eigenvalue weighted by Crippen LogP contribution is -2.52. The first kappa shape index (κ1) is 17.5. The summed E-state index contributed by atoms with van der Waals surface area (Å²) in [5.41, 5.74) is 1.69. The maximum absolute atomic E-state index is 12.4. The number of nitrogens with zero attached hydrogens (tertiary/aromatic N) is 1. The van der Waals surface area contributed by atoms with E-state index in [1.807, 2.05) is 29.2 Å². The normalized spacial score (nSPS) is 17.8. The zero-order valence-electron chi connectivity index (χ0n) is 12.4. The lowest BCUT2D eigenvalue weighted by Gasteiger charge is -2.34. The molecule has 1 saturated heterocycles. The van der Waals surface area contributed by atoms with Gasteiger partial charge in [0.1, 0.15) is 0 Å². The van der Waals surface area contributed by atoms with E-state index >= 15 is 0 Å². The molecule has 1 heterocycles. The molecular formula is C15H22ClN3O2. The van der Waals surface area contributed by atoms with Gasteiger partial charge >= 0.3 is 0 Å². The number of amides is 2. The quantitative estimate of drug-likeness (QED) is 0.881. The molecule has 1 aliphatic rings. The fourth-order valence-electron chi connectivity index (χ4n) is 2.30. The van der Waals surface area contributed by atoms with Crippen LogP contribution in [-0.4, -0.2) is 42.4 Å². The maximum atomic E-state index is 12.4. The molecule has 1 aromatic rings. The second-order valence-electron chi connectivity index (χ2n) is 5.16. The van der Waals surface area contributed by atoms with Crippen LogP contribution in [0.2, 0.25) is 0 Å². The monoisotopic (exact) mass is 311 g/mol. The van der Waals surface area contributed by atoms with E-state index in [9.17, 15) is 9.59 Å². The van der Waals surface area contributed by atoms with E-state index in [4.69, 9.17) is 0 Å². The lowest BCUT2D eigenvalue weighted by molar-refractivity contribution is -0.119. The number of hydrogen-bond acceptors (Lipinski definition) is 3. The SMILES string of the molecule is CC(=O)NCc1ccc(C(=O)N2CCNC[C@@H]2C)cc1.Cl. The van der Waals surface area contributed by atoms with Gasteiger partial charge in [-0.05, 0) is 24.6 Å². The predicted molar refractivity (Wildman–Crippen MR) is 84.6 cm³/mol. The Morgan fingerprint density at radius 1 is 1.33 bits per heavy atom. The number of halogens is 1. The van der Waals surface area contributed by atoms with Gasteiger partial charge in [-0.2, -0.15) is 0 Å². The summed E-state index contributed by atoms with van der Waals surface area (Å²) in [6.07, 6.45) is 0. The van der Waals surface area contributed by atoms with Crippen LogP contribution in [0.3, 0.4) is 0 Å². The highest BCUT2D eigenvalue weighted by Crippen LogP contribution is 2.11. The predicted octanol–water partition coefficient (Wildman–Crippen LogP) is 1.18. The summed E-state index contributed by atoms with van der Waals surface area (Å²) in [6.45, 7) is 6.46. The Hall–Kier alpha value is -1.59. The molecule has 1 aromatic carbocycles. The van der Waals surface area contributed by atoms with Crippen molar-refractivity contribution in [3.05, 3.63) is 35.4 Å². The summed E-state index contributed by atoms with van der Waals surface area (Å²) < 4.78 is 0. The second kappa shape index (κ2) is 8.00. The van der Waals surface area contributed by atoms with E-state index in [2.05, 4.69) is 17.6 Å². The molecule has 116 valence electrons. The van der Waals surface area contributed by atoms with Crippen LogP contribution in [0.5, 0.6) is 0 Å². The molecule has 1 fully saturated rings. The van der Waals surface area contributed by atoms with Gasteiger partial charge in [0, 0.05) is 44.7 Å². The average Bonchev–Trinajstić information content (AvgIpc) is 2.45. The van der Waals surface area contributed by atoms with Gasteiger partial charge in [-0.1, -0.05) is 12.1 Å². The first-order chi connectivity index (χ1) is 9.58. The number of carbonyl (C=O) groups is 2. The van der Waals surface area contributed by atoms with Crippen LogP contribution < -0.4 is 10.6 Å². The molecule has 0 unspecified atom stereocenters. The summed E-state index contributed by atoms with van der Waals surface area (Å²) in [7, 11) is 0. The van der Waals surface area contributed by atoms with Gasteiger partial charge in [0.05, 0.1) is 0 Å². The Bertz CT molecular complexity index is 490. The van der Waals surface area contributed by atoms with E-state index in [0.717, 1.165) is 25.2 Å². The number of nitrogens with one attached hydrogen (secondary N) is 2. The van der Waals surface area contributed by atoms with Crippen molar-refractivity contribution >= 4 is 24.2 Å². The fourth-order valence-corrected chi connectivity index (χ4v) is 2.30. The molecule has 1 atom stereocenters. The summed E-state index contributed by atoms with van der Waals surface area (Å²) in [6, 6.07) is 7.64. The minimum Gasteiger partial charge on any atom is -0.352 e. The van der Waals surface area contributed by atoms with Gasteiger partial charge in [0.2, 0.25) is 5.91 Å². The Morgan fingerprint density at radius 2 is 2.00 bits per heavy atom. The van der Waals surface area contributed by atoms with E-state index < -0.39 is 0 Å². The molecular weight excluding hydrogens is 290 g/mol. The molecule has 0 aromatic heterocycles. The van der Waals surface area contributed by atoms with E-state index in [1.54, 1.807) is 0 Å². The minimum absolute atomic E-state index is 0. The Morgan fingerprint density at radius 3 is 2.57 bits per heavy atom. The van der Waals surface area contributed by atoms with Crippen molar-refractivity contribution < 1.29 is 9.59 Å². The average molecular weight is 312 g/mol. The maximum Gasteiger partial charge on any atom is 0.254 e. The molecule has 0 aliphatic carbocycles. The van der Waals surface area contributed by atoms with Gasteiger partial charge in [-0.3, -0.25) is 9.59 Å². The van der Waals surface area contributed by atoms with Crippen molar-refractivity contribution in [1.29, 1.82) is 0 Å². The van der Waals surface area contributed by atoms with Crippen molar-refractivity contribution in [1.82, 2.24) is 15.5 Å². The van der Waals surface area contributed by atoms with Gasteiger partial charge in [0.15, 0.2) is 0 Å². The molecule has 2 rings (SSSR count). The van der Waals surface area contributed by atoms with Gasteiger partial charge < -0.3 is 15.5 Å². The van der Waals surface area contributed by atoms with Gasteiger partial charge in [0.25, 0.3) is 5.91 Å². The van der Waals surface area contributed by atoms with E-state index in [0.29, 0.717) is 12.1 Å². The molecule has 2 N–H and O–H groups in total. The third-order valence-corrected chi connectivity index (χ3v) is 3.50. The first-order valence-corrected chi connectivity index (χ1v) is 6.93. The largest absolute Gasteiger partial charge is 0.352 e. The molecule has 5 nitrogen and oxygen atoms in total.